The molecular formula is C30H39N2O6+. The fraction of sp³-hybridized carbons (Fsp3) is 0.500. The maximum atomic E-state index is 14.1. The second-order valence-corrected chi connectivity index (χ2v) is 10.4. The highest BCUT2D eigenvalue weighted by atomic mass is 16.5. The van der Waals surface area contributed by atoms with E-state index in [4.69, 9.17) is 14.2 Å². The van der Waals surface area contributed by atoms with Crippen LogP contribution < -0.4 is 10.1 Å². The van der Waals surface area contributed by atoms with Gasteiger partial charge in [-0.15, -0.1) is 0 Å². The van der Waals surface area contributed by atoms with Gasteiger partial charge in [-0.1, -0.05) is 30.3 Å². The average molecular weight is 524 g/mol. The summed E-state index contributed by atoms with van der Waals surface area (Å²) in [5, 5.41) is 3.08. The monoisotopic (exact) mass is 523 g/mol. The molecule has 8 heteroatoms. The number of aryl methyl sites for hydroxylation is 1. The van der Waals surface area contributed by atoms with Gasteiger partial charge in [-0.2, -0.15) is 0 Å². The Balaban J connectivity index is 1.59. The SMILES string of the molecule is CCOC(=O)c1cc(OC)cc(C)c1NC(=O)C1([N+]2(CC(=O)OCc3ccccc3)CCCCCC2)CC1. The van der Waals surface area contributed by atoms with Gasteiger partial charge in [0, 0.05) is 12.8 Å². The number of benzene rings is 2. The quantitative estimate of drug-likeness (QED) is 0.356. The molecule has 0 bridgehead atoms. The van der Waals surface area contributed by atoms with E-state index in [1.54, 1.807) is 19.1 Å². The van der Waals surface area contributed by atoms with E-state index in [-0.39, 0.29) is 37.2 Å². The Morgan fingerprint density at radius 2 is 1.66 bits per heavy atom. The first-order valence-corrected chi connectivity index (χ1v) is 13.6. The minimum absolute atomic E-state index is 0.158. The fourth-order valence-electron chi connectivity index (χ4n) is 5.74. The molecule has 1 saturated heterocycles. The Hall–Kier alpha value is -3.39. The molecule has 0 unspecified atom stereocenters. The van der Waals surface area contributed by atoms with Gasteiger partial charge in [0.2, 0.25) is 0 Å². The van der Waals surface area contributed by atoms with Crippen molar-refractivity contribution in [3.8, 4) is 5.75 Å². The van der Waals surface area contributed by atoms with Gasteiger partial charge in [0.15, 0.2) is 12.1 Å². The number of quaternary nitrogens is 1. The molecule has 1 amide bonds. The van der Waals surface area contributed by atoms with Crippen molar-refractivity contribution < 1.29 is 33.1 Å². The molecule has 2 fully saturated rings. The number of ether oxygens (including phenoxy) is 3. The van der Waals surface area contributed by atoms with Gasteiger partial charge < -0.3 is 24.0 Å². The molecule has 1 aliphatic heterocycles. The van der Waals surface area contributed by atoms with Crippen LogP contribution >= 0.6 is 0 Å². The molecule has 1 heterocycles. The van der Waals surface area contributed by atoms with Crippen LogP contribution in [-0.4, -0.2) is 61.2 Å². The summed E-state index contributed by atoms with van der Waals surface area (Å²) in [5.74, 6) is -0.448. The highest BCUT2D eigenvalue weighted by Crippen LogP contribution is 2.49. The third-order valence-corrected chi connectivity index (χ3v) is 7.93. The summed E-state index contributed by atoms with van der Waals surface area (Å²) >= 11 is 0. The number of amides is 1. The van der Waals surface area contributed by atoms with Crippen molar-refractivity contribution in [3.05, 3.63) is 59.2 Å². The van der Waals surface area contributed by atoms with E-state index in [2.05, 4.69) is 5.32 Å². The predicted octanol–water partition coefficient (Wildman–Crippen LogP) is 4.79. The zero-order chi connectivity index (χ0) is 27.2. The fourth-order valence-corrected chi connectivity index (χ4v) is 5.74. The van der Waals surface area contributed by atoms with Crippen LogP contribution in [0.15, 0.2) is 42.5 Å². The normalized spacial score (nSPS) is 17.6. The molecule has 2 aromatic carbocycles. The Kier molecular flexibility index (Phi) is 8.72. The van der Waals surface area contributed by atoms with E-state index in [9.17, 15) is 14.4 Å². The van der Waals surface area contributed by atoms with E-state index in [0.29, 0.717) is 34.3 Å². The minimum atomic E-state index is -0.728. The number of rotatable bonds is 10. The van der Waals surface area contributed by atoms with Crippen molar-refractivity contribution in [2.24, 2.45) is 0 Å². The number of likely N-dealkylation sites (tertiary alicyclic amines) is 1. The number of anilines is 1. The van der Waals surface area contributed by atoms with Crippen molar-refractivity contribution in [2.45, 2.75) is 64.5 Å². The third-order valence-electron chi connectivity index (χ3n) is 7.93. The third kappa shape index (κ3) is 5.85. The Labute approximate surface area is 224 Å². The molecule has 2 aliphatic rings. The lowest BCUT2D eigenvalue weighted by molar-refractivity contribution is -0.945. The Bertz CT molecular complexity index is 1150. The number of hydrogen-bond acceptors (Lipinski definition) is 6. The molecule has 0 radical (unpaired) electrons. The van der Waals surface area contributed by atoms with Gasteiger partial charge in [0.1, 0.15) is 12.4 Å². The second kappa shape index (κ2) is 12.0. The molecule has 0 spiro atoms. The molecule has 0 aromatic heterocycles. The summed E-state index contributed by atoms with van der Waals surface area (Å²) in [5.41, 5.74) is 1.61. The predicted molar refractivity (Wildman–Crippen MR) is 144 cm³/mol. The van der Waals surface area contributed by atoms with Crippen LogP contribution in [0.5, 0.6) is 5.75 Å². The molecule has 0 atom stereocenters. The smallest absolute Gasteiger partial charge is 0.362 e. The van der Waals surface area contributed by atoms with E-state index < -0.39 is 11.5 Å². The zero-order valence-electron chi connectivity index (χ0n) is 22.7. The van der Waals surface area contributed by atoms with Crippen LogP contribution in [0, 0.1) is 6.92 Å². The van der Waals surface area contributed by atoms with Gasteiger partial charge >= 0.3 is 11.9 Å². The van der Waals surface area contributed by atoms with Crippen LogP contribution in [0.2, 0.25) is 0 Å². The van der Waals surface area contributed by atoms with E-state index in [1.165, 1.54) is 7.11 Å². The summed E-state index contributed by atoms with van der Waals surface area (Å²) in [6, 6.07) is 13.0. The molecule has 204 valence electrons. The van der Waals surface area contributed by atoms with Crippen LogP contribution in [0.25, 0.3) is 0 Å². The van der Waals surface area contributed by atoms with Gasteiger partial charge in [0.05, 0.1) is 38.1 Å². The van der Waals surface area contributed by atoms with Crippen LogP contribution in [-0.2, 0) is 25.7 Å². The first-order valence-electron chi connectivity index (χ1n) is 13.6. The first-order chi connectivity index (χ1) is 18.3. The van der Waals surface area contributed by atoms with Crippen LogP contribution in [0.4, 0.5) is 5.69 Å². The molecule has 1 aliphatic carbocycles. The molecular weight excluding hydrogens is 484 g/mol. The lowest BCUT2D eigenvalue weighted by atomic mass is 10.0. The summed E-state index contributed by atoms with van der Waals surface area (Å²) in [7, 11) is 1.53. The molecule has 1 N–H and O–H groups in total. The summed E-state index contributed by atoms with van der Waals surface area (Å²) in [4.78, 5) is 40.0. The van der Waals surface area contributed by atoms with Crippen molar-refractivity contribution in [3.63, 3.8) is 0 Å². The molecule has 2 aromatic rings. The number of hydrogen-bond donors (Lipinski definition) is 1. The maximum absolute atomic E-state index is 14.1. The topological polar surface area (TPSA) is 90.9 Å². The zero-order valence-corrected chi connectivity index (χ0v) is 22.7. The van der Waals surface area contributed by atoms with Crippen molar-refractivity contribution in [1.29, 1.82) is 0 Å². The number of carbonyl (C=O) groups excluding carboxylic acids is 3. The van der Waals surface area contributed by atoms with Crippen molar-refractivity contribution >= 4 is 23.5 Å². The standard InChI is InChI=1S/C30H38N2O6/c1-4-37-28(34)25-19-24(36-3)18-22(2)27(25)31-29(35)30(14-15-30)32(16-10-5-6-11-17-32)20-26(33)38-21-23-12-8-7-9-13-23/h7-9,12-13,18-19H,4-6,10-11,14-17,20-21H2,1-3H3/p+1. The molecule has 8 nitrogen and oxygen atoms in total. The number of nitrogens with one attached hydrogen (secondary N) is 1. The number of carbonyl (C=O) groups is 3. The van der Waals surface area contributed by atoms with Crippen molar-refractivity contribution in [2.75, 3.05) is 38.7 Å². The maximum Gasteiger partial charge on any atom is 0.362 e. The minimum Gasteiger partial charge on any atom is -0.497 e. The second-order valence-electron chi connectivity index (χ2n) is 10.4. The molecule has 1 saturated carbocycles. The average Bonchev–Trinajstić information content (AvgIpc) is 3.75. The van der Waals surface area contributed by atoms with Crippen LogP contribution in [0.3, 0.4) is 0 Å². The molecule has 4 rings (SSSR count). The number of methoxy groups -OCH3 is 1. The van der Waals surface area contributed by atoms with Gasteiger partial charge in [0.25, 0.3) is 5.91 Å². The number of nitrogens with zero attached hydrogens (tertiary/aromatic N) is 1. The molecule has 38 heavy (non-hydrogen) atoms. The largest absolute Gasteiger partial charge is 0.497 e. The van der Waals surface area contributed by atoms with Gasteiger partial charge in [-0.3, -0.25) is 4.79 Å². The summed E-state index contributed by atoms with van der Waals surface area (Å²) in [6.07, 6.45) is 5.46. The van der Waals surface area contributed by atoms with E-state index >= 15 is 0 Å². The van der Waals surface area contributed by atoms with Crippen LogP contribution in [0.1, 0.15) is 66.9 Å². The van der Waals surface area contributed by atoms with E-state index in [0.717, 1.165) is 44.3 Å². The lowest BCUT2D eigenvalue weighted by Crippen LogP contribution is -2.64. The van der Waals surface area contributed by atoms with Gasteiger partial charge in [-0.25, -0.2) is 9.59 Å². The Morgan fingerprint density at radius 1 is 0.974 bits per heavy atom. The lowest BCUT2D eigenvalue weighted by Gasteiger charge is -2.43. The highest BCUT2D eigenvalue weighted by Gasteiger charge is 2.66. The summed E-state index contributed by atoms with van der Waals surface area (Å²) < 4.78 is 16.7. The number of esters is 2. The van der Waals surface area contributed by atoms with E-state index in [1.807, 2.05) is 37.3 Å². The van der Waals surface area contributed by atoms with Crippen molar-refractivity contribution in [1.82, 2.24) is 0 Å². The first kappa shape index (κ1) is 27.6. The van der Waals surface area contributed by atoms with Gasteiger partial charge in [-0.05, 0) is 62.8 Å². The highest BCUT2D eigenvalue weighted by molar-refractivity contribution is 6.06. The Morgan fingerprint density at radius 3 is 2.26 bits per heavy atom. The summed E-state index contributed by atoms with van der Waals surface area (Å²) in [6.45, 7) is 5.67.